The third kappa shape index (κ3) is 4.59. The number of carboxylic acid groups (broad SMARTS) is 1. The SMILES string of the molecule is CC(C)(c1ccccc1)c1ccc(O)cc1.O=C(O)Cl. The Hall–Kier alpha value is -2.00. The van der Waals surface area contributed by atoms with Crippen molar-refractivity contribution in [1.82, 2.24) is 0 Å². The molecule has 0 unspecified atom stereocenters. The quantitative estimate of drug-likeness (QED) is 0.794. The molecule has 2 aromatic carbocycles. The van der Waals surface area contributed by atoms with Gasteiger partial charge in [-0.2, -0.15) is 0 Å². The molecule has 4 heteroatoms. The molecule has 0 amide bonds. The summed E-state index contributed by atoms with van der Waals surface area (Å²) in [6.07, 6.45) is 0. The highest BCUT2D eigenvalue weighted by Gasteiger charge is 2.22. The minimum Gasteiger partial charge on any atom is -0.508 e. The van der Waals surface area contributed by atoms with Crippen molar-refractivity contribution < 1.29 is 15.0 Å². The van der Waals surface area contributed by atoms with Crippen LogP contribution < -0.4 is 0 Å². The van der Waals surface area contributed by atoms with E-state index in [0.717, 1.165) is 0 Å². The molecule has 20 heavy (non-hydrogen) atoms. The zero-order valence-corrected chi connectivity index (χ0v) is 12.1. The van der Waals surface area contributed by atoms with E-state index in [0.29, 0.717) is 5.75 Å². The fourth-order valence-electron chi connectivity index (χ4n) is 1.90. The largest absolute Gasteiger partial charge is 0.508 e. The van der Waals surface area contributed by atoms with E-state index in [1.165, 1.54) is 11.1 Å². The summed E-state index contributed by atoms with van der Waals surface area (Å²) in [5, 5.41) is 16.5. The van der Waals surface area contributed by atoms with Gasteiger partial charge < -0.3 is 10.2 Å². The minimum atomic E-state index is -1.36. The van der Waals surface area contributed by atoms with Crippen LogP contribution in [0, 0.1) is 0 Å². The van der Waals surface area contributed by atoms with Gasteiger partial charge in [-0.25, -0.2) is 4.79 Å². The van der Waals surface area contributed by atoms with E-state index in [2.05, 4.69) is 49.7 Å². The van der Waals surface area contributed by atoms with E-state index in [1.807, 2.05) is 18.2 Å². The molecule has 0 atom stereocenters. The Bertz CT molecular complexity index is 544. The van der Waals surface area contributed by atoms with Crippen molar-refractivity contribution in [2.45, 2.75) is 19.3 Å². The standard InChI is InChI=1S/C15H16O.CHClO2/c1-15(2,12-6-4-3-5-7-12)13-8-10-14(16)11-9-13;2-1(3)4/h3-11,16H,1-2H3;(H,3,4). The summed E-state index contributed by atoms with van der Waals surface area (Å²) >= 11 is 4.19. The maximum absolute atomic E-state index is 9.29. The number of rotatable bonds is 2. The number of hydrogen-bond donors (Lipinski definition) is 2. The molecule has 0 spiro atoms. The Kier molecular flexibility index (Phi) is 5.59. The first-order chi connectivity index (χ1) is 9.34. The molecule has 2 aromatic rings. The summed E-state index contributed by atoms with van der Waals surface area (Å²) in [6, 6.07) is 17.8. The van der Waals surface area contributed by atoms with Crippen molar-refractivity contribution >= 4 is 17.0 Å². The number of phenolic OH excluding ortho intramolecular Hbond substituents is 1. The van der Waals surface area contributed by atoms with Crippen LogP contribution in [-0.4, -0.2) is 15.6 Å². The molecule has 0 aliphatic rings. The summed E-state index contributed by atoms with van der Waals surface area (Å²) in [5.41, 5.74) is 1.09. The van der Waals surface area contributed by atoms with Crippen LogP contribution in [0.15, 0.2) is 54.6 Å². The molecule has 0 saturated carbocycles. The Morgan fingerprint density at radius 3 is 1.80 bits per heavy atom. The number of phenols is 1. The van der Waals surface area contributed by atoms with Crippen LogP contribution in [0.1, 0.15) is 25.0 Å². The molecular weight excluding hydrogens is 276 g/mol. The van der Waals surface area contributed by atoms with Crippen molar-refractivity contribution in [3.8, 4) is 5.75 Å². The highest BCUT2D eigenvalue weighted by Crippen LogP contribution is 2.31. The lowest BCUT2D eigenvalue weighted by Gasteiger charge is -2.26. The molecule has 2 N–H and O–H groups in total. The summed E-state index contributed by atoms with van der Waals surface area (Å²) in [4.78, 5) is 8.77. The molecule has 2 rings (SSSR count). The Morgan fingerprint density at radius 2 is 1.35 bits per heavy atom. The summed E-state index contributed by atoms with van der Waals surface area (Å²) in [6.45, 7) is 4.38. The Morgan fingerprint density at radius 1 is 0.950 bits per heavy atom. The van der Waals surface area contributed by atoms with Crippen molar-refractivity contribution in [3.05, 3.63) is 65.7 Å². The molecule has 0 aromatic heterocycles. The van der Waals surface area contributed by atoms with Gasteiger partial charge in [0, 0.05) is 17.0 Å². The molecule has 0 aliphatic carbocycles. The second kappa shape index (κ2) is 6.96. The second-order valence-electron chi connectivity index (χ2n) is 4.79. The van der Waals surface area contributed by atoms with Crippen molar-refractivity contribution in [1.29, 1.82) is 0 Å². The zero-order chi connectivity index (χ0) is 15.2. The van der Waals surface area contributed by atoms with E-state index in [4.69, 9.17) is 9.90 Å². The first-order valence-corrected chi connectivity index (χ1v) is 6.45. The van der Waals surface area contributed by atoms with Crippen LogP contribution >= 0.6 is 11.6 Å². The van der Waals surface area contributed by atoms with Gasteiger partial charge in [-0.3, -0.25) is 0 Å². The van der Waals surface area contributed by atoms with Crippen molar-refractivity contribution in [2.75, 3.05) is 0 Å². The molecular formula is C16H17ClO3. The highest BCUT2D eigenvalue weighted by atomic mass is 35.5. The third-order valence-electron chi connectivity index (χ3n) is 3.08. The van der Waals surface area contributed by atoms with Gasteiger partial charge >= 0.3 is 5.43 Å². The number of hydrogen-bond acceptors (Lipinski definition) is 2. The van der Waals surface area contributed by atoms with E-state index in [1.54, 1.807) is 12.1 Å². The van der Waals surface area contributed by atoms with Gasteiger partial charge in [-0.05, 0) is 23.3 Å². The van der Waals surface area contributed by atoms with E-state index < -0.39 is 5.43 Å². The van der Waals surface area contributed by atoms with Gasteiger partial charge in [0.1, 0.15) is 5.75 Å². The molecule has 0 bridgehead atoms. The molecule has 3 nitrogen and oxygen atoms in total. The monoisotopic (exact) mass is 292 g/mol. The fraction of sp³-hybridized carbons (Fsp3) is 0.188. The van der Waals surface area contributed by atoms with E-state index >= 15 is 0 Å². The summed E-state index contributed by atoms with van der Waals surface area (Å²) in [5.74, 6) is 0.313. The van der Waals surface area contributed by atoms with Gasteiger partial charge in [0.05, 0.1) is 0 Å². The first-order valence-electron chi connectivity index (χ1n) is 6.07. The normalized spacial score (nSPS) is 10.3. The zero-order valence-electron chi connectivity index (χ0n) is 11.4. The third-order valence-corrected chi connectivity index (χ3v) is 3.08. The minimum absolute atomic E-state index is 0.0328. The van der Waals surface area contributed by atoms with Crippen LogP contribution in [0.3, 0.4) is 0 Å². The topological polar surface area (TPSA) is 57.5 Å². The lowest BCUT2D eigenvalue weighted by Crippen LogP contribution is -2.18. The lowest BCUT2D eigenvalue weighted by atomic mass is 9.78. The maximum Gasteiger partial charge on any atom is 0.401 e. The van der Waals surface area contributed by atoms with Crippen molar-refractivity contribution in [2.24, 2.45) is 0 Å². The molecule has 0 aliphatic heterocycles. The lowest BCUT2D eigenvalue weighted by molar-refractivity contribution is 0.220. The predicted molar refractivity (Wildman–Crippen MR) is 80.6 cm³/mol. The second-order valence-corrected chi connectivity index (χ2v) is 5.11. The molecule has 0 radical (unpaired) electrons. The molecule has 106 valence electrons. The molecule has 0 heterocycles. The number of benzene rings is 2. The van der Waals surface area contributed by atoms with Gasteiger partial charge in [0.2, 0.25) is 0 Å². The molecule has 0 fully saturated rings. The fourth-order valence-corrected chi connectivity index (χ4v) is 1.90. The van der Waals surface area contributed by atoms with E-state index in [-0.39, 0.29) is 5.41 Å². The number of halogens is 1. The number of carbonyl (C=O) groups is 1. The Labute approximate surface area is 123 Å². The average molecular weight is 293 g/mol. The van der Waals surface area contributed by atoms with Crippen LogP contribution in [0.25, 0.3) is 0 Å². The van der Waals surface area contributed by atoms with Crippen molar-refractivity contribution in [3.63, 3.8) is 0 Å². The van der Waals surface area contributed by atoms with Crippen LogP contribution in [-0.2, 0) is 5.41 Å². The van der Waals surface area contributed by atoms with Gasteiger partial charge in [-0.15, -0.1) is 0 Å². The average Bonchev–Trinajstić information content (AvgIpc) is 2.39. The van der Waals surface area contributed by atoms with Gasteiger partial charge in [-0.1, -0.05) is 56.3 Å². The maximum atomic E-state index is 9.29. The number of aromatic hydroxyl groups is 1. The molecule has 0 saturated heterocycles. The smallest absolute Gasteiger partial charge is 0.401 e. The van der Waals surface area contributed by atoms with Gasteiger partial charge in [0.15, 0.2) is 0 Å². The van der Waals surface area contributed by atoms with Crippen LogP contribution in [0.5, 0.6) is 5.75 Å². The van der Waals surface area contributed by atoms with Gasteiger partial charge in [0.25, 0.3) is 0 Å². The Balaban J connectivity index is 0.000000444. The van der Waals surface area contributed by atoms with Crippen LogP contribution in [0.4, 0.5) is 4.79 Å². The first kappa shape index (κ1) is 16.1. The summed E-state index contributed by atoms with van der Waals surface area (Å²) < 4.78 is 0. The van der Waals surface area contributed by atoms with E-state index in [9.17, 15) is 5.11 Å². The summed E-state index contributed by atoms with van der Waals surface area (Å²) in [7, 11) is 0. The van der Waals surface area contributed by atoms with Crippen LogP contribution in [0.2, 0.25) is 0 Å². The highest BCUT2D eigenvalue weighted by molar-refractivity contribution is 6.60. The predicted octanol–water partition coefficient (Wildman–Crippen LogP) is 4.62.